The number of hydrogen-bond donors (Lipinski definition) is 0. The molecule has 9 saturated carbocycles. The summed E-state index contributed by atoms with van der Waals surface area (Å²) in [5.41, 5.74) is 0.677. The zero-order chi connectivity index (χ0) is 42.6. The van der Waals surface area contributed by atoms with Gasteiger partial charge in [-0.15, -0.1) is 0 Å². The lowest BCUT2D eigenvalue weighted by molar-refractivity contribution is -0.162. The second kappa shape index (κ2) is 15.9. The maximum Gasteiger partial charge on any atom is 0.312 e. The largest absolute Gasteiger partial charge is 0.469 e. The number of carbonyl (C=O) groups is 2. The topological polar surface area (TPSA) is 52.6 Å². The Morgan fingerprint density at radius 3 is 1.09 bits per heavy atom. The molecule has 0 amide bonds. The molecule has 9 aliphatic rings. The summed E-state index contributed by atoms with van der Waals surface area (Å²) in [4.78, 5) is 24.9. The average Bonchev–Trinajstić information content (AvgIpc) is 4.06. The Bertz CT molecular complexity index is 1420. The van der Waals surface area contributed by atoms with Gasteiger partial charge in [-0.3, -0.25) is 9.59 Å². The van der Waals surface area contributed by atoms with E-state index in [1.807, 2.05) is 0 Å². The van der Waals surface area contributed by atoms with E-state index in [4.69, 9.17) is 9.47 Å². The van der Waals surface area contributed by atoms with Crippen molar-refractivity contribution in [3.63, 3.8) is 0 Å². The first-order valence-corrected chi connectivity index (χ1v) is 25.4. The molecule has 9 fully saturated rings. The minimum atomic E-state index is -0.226. The van der Waals surface area contributed by atoms with Crippen molar-refractivity contribution in [2.45, 2.75) is 174 Å². The monoisotopic (exact) mass is 805 g/mol. The first kappa shape index (κ1) is 45.0. The first-order valence-electron chi connectivity index (χ1n) is 25.4. The van der Waals surface area contributed by atoms with E-state index < -0.39 is 0 Å². The van der Waals surface area contributed by atoms with Gasteiger partial charge in [0.2, 0.25) is 0 Å². The van der Waals surface area contributed by atoms with Gasteiger partial charge in [0, 0.05) is 0 Å². The lowest BCUT2D eigenvalue weighted by Crippen LogP contribution is -2.47. The highest BCUT2D eigenvalue weighted by Gasteiger charge is 2.71. The van der Waals surface area contributed by atoms with E-state index in [0.717, 1.165) is 94.7 Å². The van der Waals surface area contributed by atoms with E-state index in [-0.39, 0.29) is 22.8 Å². The van der Waals surface area contributed by atoms with Gasteiger partial charge in [0.25, 0.3) is 0 Å². The molecule has 4 nitrogen and oxygen atoms in total. The van der Waals surface area contributed by atoms with Crippen molar-refractivity contribution < 1.29 is 19.1 Å². The predicted molar refractivity (Wildman–Crippen MR) is 238 cm³/mol. The molecule has 9 aliphatic carbocycles. The highest BCUT2D eigenvalue weighted by molar-refractivity contribution is 5.78. The zero-order valence-electron chi connectivity index (χ0n) is 40.7. The van der Waals surface area contributed by atoms with Crippen LogP contribution < -0.4 is 0 Å². The zero-order valence-corrected chi connectivity index (χ0v) is 40.7. The van der Waals surface area contributed by atoms with Crippen LogP contribution in [0.4, 0.5) is 0 Å². The molecule has 0 aromatic heterocycles. The van der Waals surface area contributed by atoms with Crippen LogP contribution in [0.3, 0.4) is 0 Å². The standard InChI is InChI=1S/2C18H30O2.C18H32/c2*1-6-7-12-8-10(2)15-13-9-14(16(12)15)18(4,11(13)3)17(19)20-5;1-7-8-12-9-11(2)15-13-10-14(16(12)15)18(5,6)17(13,3)4/h2*10-16H,6-9H2,1-5H3;11-16H,7-10H2,1-6H3. The Morgan fingerprint density at radius 2 is 0.759 bits per heavy atom. The number of hydrogen-bond acceptors (Lipinski definition) is 4. The van der Waals surface area contributed by atoms with E-state index in [9.17, 15) is 9.59 Å². The smallest absolute Gasteiger partial charge is 0.312 e. The molecule has 0 spiro atoms. The highest BCUT2D eigenvalue weighted by Crippen LogP contribution is 2.76. The minimum Gasteiger partial charge on any atom is -0.469 e. The van der Waals surface area contributed by atoms with Crippen molar-refractivity contribution in [1.82, 2.24) is 0 Å². The van der Waals surface area contributed by atoms with Gasteiger partial charge in [0.15, 0.2) is 0 Å². The van der Waals surface area contributed by atoms with Crippen LogP contribution in [0.2, 0.25) is 0 Å². The molecule has 0 aromatic rings. The number of ether oxygens (including phenoxy) is 2. The van der Waals surface area contributed by atoms with Crippen LogP contribution in [-0.4, -0.2) is 26.2 Å². The van der Waals surface area contributed by atoms with Crippen LogP contribution in [0.1, 0.15) is 174 Å². The van der Waals surface area contributed by atoms with Gasteiger partial charge in [0.05, 0.1) is 25.0 Å². The Balaban J connectivity index is 0.000000133. The lowest BCUT2D eigenvalue weighted by atomic mass is 9.53. The third kappa shape index (κ3) is 6.17. The maximum atomic E-state index is 12.4. The van der Waals surface area contributed by atoms with Crippen molar-refractivity contribution in [2.24, 2.45) is 140 Å². The van der Waals surface area contributed by atoms with Gasteiger partial charge in [-0.25, -0.2) is 0 Å². The average molecular weight is 805 g/mol. The Kier molecular flexibility index (Phi) is 12.4. The molecule has 0 N–H and O–H groups in total. The van der Waals surface area contributed by atoms with Gasteiger partial charge in [-0.2, -0.15) is 0 Å². The van der Waals surface area contributed by atoms with Crippen molar-refractivity contribution in [2.75, 3.05) is 14.2 Å². The SMILES string of the molecule is CCCC1CC(C)C2C1C1CC2C(C)(C)C1(C)C.CCCC1CC(C)C2C3CC(C12)C(C)(C(=O)OC)C3C.CCCC1CC(C)C2C3CC(C12)C(C)(C(=O)OC)C3C. The van der Waals surface area contributed by atoms with Gasteiger partial charge in [-0.1, -0.05) is 122 Å². The van der Waals surface area contributed by atoms with Gasteiger partial charge < -0.3 is 9.47 Å². The molecule has 332 valence electrons. The molecule has 22 atom stereocenters. The predicted octanol–water partition coefficient (Wildman–Crippen LogP) is 13.7. The molecule has 0 heterocycles. The van der Waals surface area contributed by atoms with Gasteiger partial charge in [-0.05, 0) is 182 Å². The van der Waals surface area contributed by atoms with Crippen molar-refractivity contribution in [3.05, 3.63) is 0 Å². The van der Waals surface area contributed by atoms with E-state index in [0.29, 0.717) is 34.5 Å². The summed E-state index contributed by atoms with van der Waals surface area (Å²) in [7, 11) is 3.12. The van der Waals surface area contributed by atoms with Crippen LogP contribution in [0.5, 0.6) is 0 Å². The normalized spacial score (nSPS) is 52.7. The second-order valence-corrected chi connectivity index (χ2v) is 24.8. The molecule has 0 aliphatic heterocycles. The van der Waals surface area contributed by atoms with E-state index in [1.165, 1.54) is 70.6 Å². The molecule has 58 heavy (non-hydrogen) atoms. The number of esters is 2. The summed E-state index contributed by atoms with van der Waals surface area (Å²) in [6.07, 6.45) is 16.5. The fraction of sp³-hybridized carbons (Fsp3) is 0.963. The molecule has 0 radical (unpaired) electrons. The number of rotatable bonds is 8. The van der Waals surface area contributed by atoms with Crippen LogP contribution in [0.15, 0.2) is 0 Å². The first-order chi connectivity index (χ1) is 27.2. The van der Waals surface area contributed by atoms with Crippen LogP contribution >= 0.6 is 0 Å². The molecule has 0 saturated heterocycles. The molecule has 9 rings (SSSR count). The number of carbonyl (C=O) groups excluding carboxylic acids is 2. The number of fused-ring (bicyclic) bond motifs is 15. The van der Waals surface area contributed by atoms with Crippen LogP contribution in [0, 0.1) is 140 Å². The Hall–Kier alpha value is -1.06. The third-order valence-electron chi connectivity index (χ3n) is 22.8. The maximum absolute atomic E-state index is 12.4. The summed E-state index contributed by atoms with van der Waals surface area (Å²) in [6.45, 7) is 33.7. The summed E-state index contributed by atoms with van der Waals surface area (Å²) in [5, 5.41) is 0. The number of methoxy groups -OCH3 is 2. The Morgan fingerprint density at radius 1 is 0.448 bits per heavy atom. The van der Waals surface area contributed by atoms with Crippen molar-refractivity contribution in [1.29, 1.82) is 0 Å². The second-order valence-electron chi connectivity index (χ2n) is 24.8. The third-order valence-corrected chi connectivity index (χ3v) is 22.8. The molecule has 22 unspecified atom stereocenters. The van der Waals surface area contributed by atoms with E-state index in [2.05, 4.69) is 96.9 Å². The minimum absolute atomic E-state index is 0.0470. The van der Waals surface area contributed by atoms with E-state index in [1.54, 1.807) is 20.6 Å². The summed E-state index contributed by atoms with van der Waals surface area (Å²) >= 11 is 0. The lowest BCUT2D eigenvalue weighted by Gasteiger charge is -2.52. The fourth-order valence-corrected chi connectivity index (χ4v) is 19.7. The molecular formula is C54H92O4. The fourth-order valence-electron chi connectivity index (χ4n) is 19.7. The summed E-state index contributed by atoms with van der Waals surface area (Å²) in [5.74, 6) is 16.7. The molecular weight excluding hydrogens is 713 g/mol. The highest BCUT2D eigenvalue weighted by atomic mass is 16.5. The van der Waals surface area contributed by atoms with Crippen molar-refractivity contribution >= 4 is 11.9 Å². The van der Waals surface area contributed by atoms with Gasteiger partial charge >= 0.3 is 11.9 Å². The summed E-state index contributed by atoms with van der Waals surface area (Å²) in [6, 6.07) is 0. The van der Waals surface area contributed by atoms with Crippen LogP contribution in [0.25, 0.3) is 0 Å². The van der Waals surface area contributed by atoms with Crippen LogP contribution in [-0.2, 0) is 19.1 Å². The molecule has 4 heteroatoms. The quantitative estimate of drug-likeness (QED) is 0.229. The van der Waals surface area contributed by atoms with Crippen molar-refractivity contribution in [3.8, 4) is 0 Å². The summed E-state index contributed by atoms with van der Waals surface area (Å²) < 4.78 is 10.4. The Labute approximate surface area is 358 Å². The molecule has 0 aromatic carbocycles. The van der Waals surface area contributed by atoms with E-state index >= 15 is 0 Å². The van der Waals surface area contributed by atoms with Gasteiger partial charge in [0.1, 0.15) is 0 Å². The molecule has 6 bridgehead atoms.